The number of benzene rings is 1. The van der Waals surface area contributed by atoms with Crippen molar-refractivity contribution in [2.45, 2.75) is 6.04 Å². The first-order valence-corrected chi connectivity index (χ1v) is 6.60. The standard InChI is InChI=1S/C13H15BrN2O2/c1-17-13-3-2-10(14)8-11(13)12(9-15)16-4-6-18-7-5-16/h2-3,8,12H,4-7H2,1H3. The second kappa shape index (κ2) is 6.19. The van der Waals surface area contributed by atoms with Crippen molar-refractivity contribution in [1.29, 1.82) is 5.26 Å². The predicted octanol–water partition coefficient (Wildman–Crippen LogP) is 2.35. The quantitative estimate of drug-likeness (QED) is 0.860. The minimum Gasteiger partial charge on any atom is -0.496 e. The van der Waals surface area contributed by atoms with E-state index in [0.717, 1.165) is 28.9 Å². The highest BCUT2D eigenvalue weighted by Crippen LogP contribution is 2.31. The van der Waals surface area contributed by atoms with Crippen LogP contribution in [0.3, 0.4) is 0 Å². The van der Waals surface area contributed by atoms with Crippen LogP contribution in [0.15, 0.2) is 22.7 Å². The van der Waals surface area contributed by atoms with Gasteiger partial charge >= 0.3 is 0 Å². The van der Waals surface area contributed by atoms with Gasteiger partial charge in [-0.2, -0.15) is 5.26 Å². The van der Waals surface area contributed by atoms with E-state index >= 15 is 0 Å². The van der Waals surface area contributed by atoms with Gasteiger partial charge in [-0.3, -0.25) is 4.90 Å². The maximum absolute atomic E-state index is 9.44. The van der Waals surface area contributed by atoms with Crippen LogP contribution in [0.25, 0.3) is 0 Å². The molecule has 1 aliphatic rings. The molecule has 18 heavy (non-hydrogen) atoms. The van der Waals surface area contributed by atoms with Gasteiger partial charge in [-0.05, 0) is 18.2 Å². The van der Waals surface area contributed by atoms with Crippen molar-refractivity contribution >= 4 is 15.9 Å². The molecule has 4 nitrogen and oxygen atoms in total. The normalized spacial score (nSPS) is 18.1. The molecule has 1 heterocycles. The molecule has 1 aliphatic heterocycles. The molecule has 0 amide bonds. The molecule has 0 saturated carbocycles. The molecule has 5 heteroatoms. The molecule has 1 saturated heterocycles. The van der Waals surface area contributed by atoms with Gasteiger partial charge < -0.3 is 9.47 Å². The van der Waals surface area contributed by atoms with Crippen molar-refractivity contribution < 1.29 is 9.47 Å². The van der Waals surface area contributed by atoms with Crippen LogP contribution in [-0.2, 0) is 4.74 Å². The van der Waals surface area contributed by atoms with Gasteiger partial charge in [0.1, 0.15) is 11.8 Å². The van der Waals surface area contributed by atoms with Crippen molar-refractivity contribution in [2.75, 3.05) is 33.4 Å². The van der Waals surface area contributed by atoms with E-state index < -0.39 is 0 Å². The number of nitriles is 1. The third-order valence-electron chi connectivity index (χ3n) is 3.02. The summed E-state index contributed by atoms with van der Waals surface area (Å²) in [6, 6.07) is 7.81. The third-order valence-corrected chi connectivity index (χ3v) is 3.51. The molecular weight excluding hydrogens is 296 g/mol. The van der Waals surface area contributed by atoms with Gasteiger partial charge in [0.15, 0.2) is 0 Å². The minimum absolute atomic E-state index is 0.290. The lowest BCUT2D eigenvalue weighted by Gasteiger charge is -2.31. The maximum atomic E-state index is 9.44. The van der Waals surface area contributed by atoms with Gasteiger partial charge in [0.05, 0.1) is 26.4 Å². The van der Waals surface area contributed by atoms with Crippen LogP contribution in [0.2, 0.25) is 0 Å². The SMILES string of the molecule is COc1ccc(Br)cc1C(C#N)N1CCOCC1. The molecule has 1 fully saturated rings. The Morgan fingerprint density at radius 3 is 2.78 bits per heavy atom. The van der Waals surface area contributed by atoms with Gasteiger partial charge in [0.2, 0.25) is 0 Å². The second-order valence-corrected chi connectivity index (χ2v) is 4.98. The molecule has 1 atom stereocenters. The number of hydrogen-bond donors (Lipinski definition) is 0. The molecule has 0 radical (unpaired) electrons. The average molecular weight is 311 g/mol. The summed E-state index contributed by atoms with van der Waals surface area (Å²) in [5.74, 6) is 0.747. The fraction of sp³-hybridized carbons (Fsp3) is 0.462. The Labute approximate surface area is 115 Å². The van der Waals surface area contributed by atoms with Crippen molar-refractivity contribution in [3.8, 4) is 11.8 Å². The molecule has 0 bridgehead atoms. The van der Waals surface area contributed by atoms with Crippen molar-refractivity contribution in [1.82, 2.24) is 4.90 Å². The van der Waals surface area contributed by atoms with Crippen LogP contribution >= 0.6 is 15.9 Å². The first-order valence-electron chi connectivity index (χ1n) is 5.81. The fourth-order valence-corrected chi connectivity index (χ4v) is 2.48. The van der Waals surface area contributed by atoms with Crippen LogP contribution in [-0.4, -0.2) is 38.3 Å². The van der Waals surface area contributed by atoms with E-state index in [0.29, 0.717) is 13.2 Å². The lowest BCUT2D eigenvalue weighted by Crippen LogP contribution is -2.38. The maximum Gasteiger partial charge on any atom is 0.127 e. The fourth-order valence-electron chi connectivity index (χ4n) is 2.10. The topological polar surface area (TPSA) is 45.5 Å². The lowest BCUT2D eigenvalue weighted by molar-refractivity contribution is 0.0262. The number of nitrogens with zero attached hydrogens (tertiary/aromatic N) is 2. The van der Waals surface area contributed by atoms with Crippen LogP contribution < -0.4 is 4.74 Å². The first-order chi connectivity index (χ1) is 8.76. The van der Waals surface area contributed by atoms with Crippen molar-refractivity contribution in [2.24, 2.45) is 0 Å². The summed E-state index contributed by atoms with van der Waals surface area (Å²) >= 11 is 3.44. The van der Waals surface area contributed by atoms with E-state index in [9.17, 15) is 5.26 Å². The summed E-state index contributed by atoms with van der Waals surface area (Å²) in [5, 5.41) is 9.44. The number of morpholine rings is 1. The van der Waals surface area contributed by atoms with Crippen molar-refractivity contribution in [3.05, 3.63) is 28.2 Å². The average Bonchev–Trinajstić information content (AvgIpc) is 2.41. The molecule has 2 rings (SSSR count). The summed E-state index contributed by atoms with van der Waals surface area (Å²) < 4.78 is 11.6. The molecular formula is C13H15BrN2O2. The predicted molar refractivity (Wildman–Crippen MR) is 71.4 cm³/mol. The second-order valence-electron chi connectivity index (χ2n) is 4.07. The summed E-state index contributed by atoms with van der Waals surface area (Å²) in [6.07, 6.45) is 0. The number of ether oxygens (including phenoxy) is 2. The monoisotopic (exact) mass is 310 g/mol. The van der Waals surface area contributed by atoms with Gasteiger partial charge in [-0.15, -0.1) is 0 Å². The Bertz CT molecular complexity index is 453. The number of halogens is 1. The Morgan fingerprint density at radius 2 is 2.17 bits per heavy atom. The molecule has 0 N–H and O–H groups in total. The largest absolute Gasteiger partial charge is 0.496 e. The van der Waals surface area contributed by atoms with Gasteiger partial charge in [0.25, 0.3) is 0 Å². The summed E-state index contributed by atoms with van der Waals surface area (Å²) in [5.41, 5.74) is 0.899. The Hall–Kier alpha value is -1.09. The van der Waals surface area contributed by atoms with Crippen LogP contribution in [0.5, 0.6) is 5.75 Å². The summed E-state index contributed by atoms with van der Waals surface area (Å²) in [7, 11) is 1.63. The van der Waals surface area contributed by atoms with Crippen LogP contribution in [0.4, 0.5) is 0 Å². The van der Waals surface area contributed by atoms with Crippen LogP contribution in [0.1, 0.15) is 11.6 Å². The lowest BCUT2D eigenvalue weighted by atomic mass is 10.0. The van der Waals surface area contributed by atoms with Gasteiger partial charge in [-0.1, -0.05) is 15.9 Å². The zero-order valence-electron chi connectivity index (χ0n) is 10.2. The molecule has 1 unspecified atom stereocenters. The summed E-state index contributed by atoms with van der Waals surface area (Å²) in [4.78, 5) is 2.12. The molecule has 0 aromatic heterocycles. The van der Waals surface area contributed by atoms with E-state index in [1.165, 1.54) is 0 Å². The summed E-state index contributed by atoms with van der Waals surface area (Å²) in [6.45, 7) is 2.89. The molecule has 1 aromatic rings. The highest BCUT2D eigenvalue weighted by molar-refractivity contribution is 9.10. The third kappa shape index (κ3) is 2.83. The van der Waals surface area contributed by atoms with E-state index in [4.69, 9.17) is 9.47 Å². The minimum atomic E-state index is -0.290. The van der Waals surface area contributed by atoms with E-state index in [1.807, 2.05) is 18.2 Å². The van der Waals surface area contributed by atoms with Gasteiger partial charge in [-0.25, -0.2) is 0 Å². The van der Waals surface area contributed by atoms with E-state index in [1.54, 1.807) is 7.11 Å². The Balaban J connectivity index is 2.31. The Kier molecular flexibility index (Phi) is 4.59. The van der Waals surface area contributed by atoms with E-state index in [2.05, 4.69) is 26.9 Å². The highest BCUT2D eigenvalue weighted by atomic mass is 79.9. The molecule has 0 aliphatic carbocycles. The first kappa shape index (κ1) is 13.3. The number of rotatable bonds is 3. The van der Waals surface area contributed by atoms with Crippen LogP contribution in [0, 0.1) is 11.3 Å². The number of methoxy groups -OCH3 is 1. The highest BCUT2D eigenvalue weighted by Gasteiger charge is 2.25. The van der Waals surface area contributed by atoms with Crippen molar-refractivity contribution in [3.63, 3.8) is 0 Å². The zero-order valence-corrected chi connectivity index (χ0v) is 11.8. The van der Waals surface area contributed by atoms with Gasteiger partial charge in [0, 0.05) is 23.1 Å². The molecule has 0 spiro atoms. The molecule has 96 valence electrons. The van der Waals surface area contributed by atoms with E-state index in [-0.39, 0.29) is 6.04 Å². The number of hydrogen-bond acceptors (Lipinski definition) is 4. The molecule has 1 aromatic carbocycles. The zero-order chi connectivity index (χ0) is 13.0. The Morgan fingerprint density at radius 1 is 1.44 bits per heavy atom. The smallest absolute Gasteiger partial charge is 0.127 e.